The van der Waals surface area contributed by atoms with Gasteiger partial charge in [-0.15, -0.1) is 24.0 Å². The lowest BCUT2D eigenvalue weighted by Gasteiger charge is -2.15. The molecule has 0 aliphatic carbocycles. The summed E-state index contributed by atoms with van der Waals surface area (Å²) in [4.78, 5) is 17.6. The molecule has 0 atom stereocenters. The fourth-order valence-corrected chi connectivity index (χ4v) is 1.75. The Balaban J connectivity index is 0.00000484. The van der Waals surface area contributed by atoms with Crippen molar-refractivity contribution in [1.82, 2.24) is 15.5 Å². The maximum absolute atomic E-state index is 11.6. The van der Waals surface area contributed by atoms with E-state index in [0.717, 1.165) is 5.56 Å². The topological polar surface area (TPSA) is 66.0 Å². The lowest BCUT2D eigenvalue weighted by molar-refractivity contribution is -0.127. The average Bonchev–Trinajstić information content (AvgIpc) is 2.50. The SMILES string of the molecule is COCCNC(=NCc1ccccc1Cl)NCC(=O)N(C)C.I. The number of aliphatic imine (C=N–C) groups is 1. The van der Waals surface area contributed by atoms with Crippen molar-refractivity contribution >= 4 is 47.4 Å². The summed E-state index contributed by atoms with van der Waals surface area (Å²) in [6.07, 6.45) is 0. The van der Waals surface area contributed by atoms with Gasteiger partial charge in [-0.1, -0.05) is 29.8 Å². The van der Waals surface area contributed by atoms with Gasteiger partial charge in [-0.25, -0.2) is 4.99 Å². The fourth-order valence-electron chi connectivity index (χ4n) is 1.55. The Labute approximate surface area is 159 Å². The van der Waals surface area contributed by atoms with Gasteiger partial charge in [-0.05, 0) is 11.6 Å². The number of rotatable bonds is 7. The summed E-state index contributed by atoms with van der Waals surface area (Å²) in [5.74, 6) is 0.520. The standard InChI is InChI=1S/C15H23ClN4O2.HI/c1-20(2)14(21)11-19-15(17-8-9-22-3)18-10-12-6-4-5-7-13(12)16;/h4-7H,8-11H2,1-3H3,(H2,17,18,19);1H. The molecular weight excluding hydrogens is 431 g/mol. The first-order valence-electron chi connectivity index (χ1n) is 6.99. The Hall–Kier alpha value is -1.06. The predicted octanol–water partition coefficient (Wildman–Crippen LogP) is 1.73. The van der Waals surface area contributed by atoms with Gasteiger partial charge in [0.05, 0.1) is 19.7 Å². The molecular formula is C15H24ClIN4O2. The first-order chi connectivity index (χ1) is 10.5. The molecule has 2 N–H and O–H groups in total. The van der Waals surface area contributed by atoms with Crippen LogP contribution in [0.1, 0.15) is 5.56 Å². The van der Waals surface area contributed by atoms with Crippen LogP contribution in [0, 0.1) is 0 Å². The Bertz CT molecular complexity index is 512. The van der Waals surface area contributed by atoms with E-state index in [-0.39, 0.29) is 36.4 Å². The number of carbonyl (C=O) groups is 1. The van der Waals surface area contributed by atoms with Crippen molar-refractivity contribution < 1.29 is 9.53 Å². The smallest absolute Gasteiger partial charge is 0.241 e. The van der Waals surface area contributed by atoms with E-state index in [1.165, 1.54) is 4.90 Å². The number of guanidine groups is 1. The number of nitrogens with zero attached hydrogens (tertiary/aromatic N) is 2. The molecule has 1 aromatic carbocycles. The normalized spacial score (nSPS) is 10.7. The van der Waals surface area contributed by atoms with E-state index in [1.807, 2.05) is 24.3 Å². The summed E-state index contributed by atoms with van der Waals surface area (Å²) >= 11 is 6.11. The van der Waals surface area contributed by atoms with E-state index in [0.29, 0.717) is 30.7 Å². The predicted molar refractivity (Wildman–Crippen MR) is 105 cm³/mol. The summed E-state index contributed by atoms with van der Waals surface area (Å²) in [6.45, 7) is 1.75. The van der Waals surface area contributed by atoms with Crippen molar-refractivity contribution in [2.45, 2.75) is 6.54 Å². The number of amides is 1. The molecule has 1 rings (SSSR count). The van der Waals surface area contributed by atoms with Crippen LogP contribution in [0.3, 0.4) is 0 Å². The number of methoxy groups -OCH3 is 1. The van der Waals surface area contributed by atoms with Gasteiger partial charge in [0, 0.05) is 32.8 Å². The third-order valence-corrected chi connectivity index (χ3v) is 3.24. The Morgan fingerprint density at radius 2 is 2.00 bits per heavy atom. The number of benzene rings is 1. The lowest BCUT2D eigenvalue weighted by atomic mass is 10.2. The number of hydrogen-bond donors (Lipinski definition) is 2. The molecule has 130 valence electrons. The highest BCUT2D eigenvalue weighted by molar-refractivity contribution is 14.0. The van der Waals surface area contributed by atoms with Crippen LogP contribution in [0.25, 0.3) is 0 Å². The third kappa shape index (κ3) is 8.97. The number of nitrogens with one attached hydrogen (secondary N) is 2. The average molecular weight is 455 g/mol. The van der Waals surface area contributed by atoms with E-state index in [2.05, 4.69) is 15.6 Å². The molecule has 0 aliphatic rings. The largest absolute Gasteiger partial charge is 0.383 e. The molecule has 1 aromatic rings. The molecule has 1 amide bonds. The highest BCUT2D eigenvalue weighted by atomic mass is 127. The third-order valence-electron chi connectivity index (χ3n) is 2.87. The number of carbonyl (C=O) groups excluding carboxylic acids is 1. The van der Waals surface area contributed by atoms with E-state index in [4.69, 9.17) is 16.3 Å². The van der Waals surface area contributed by atoms with Crippen LogP contribution in [0.2, 0.25) is 5.02 Å². The van der Waals surface area contributed by atoms with Gasteiger partial charge in [0.2, 0.25) is 5.91 Å². The molecule has 0 aliphatic heterocycles. The Kier molecular flexibility index (Phi) is 11.8. The van der Waals surface area contributed by atoms with Crippen molar-refractivity contribution in [1.29, 1.82) is 0 Å². The Morgan fingerprint density at radius 3 is 2.61 bits per heavy atom. The maximum Gasteiger partial charge on any atom is 0.241 e. The molecule has 0 saturated carbocycles. The molecule has 23 heavy (non-hydrogen) atoms. The summed E-state index contributed by atoms with van der Waals surface area (Å²) in [5, 5.41) is 6.78. The minimum Gasteiger partial charge on any atom is -0.383 e. The zero-order valence-corrected chi connectivity index (χ0v) is 16.7. The summed E-state index contributed by atoms with van der Waals surface area (Å²) in [6, 6.07) is 7.54. The van der Waals surface area contributed by atoms with Crippen molar-refractivity contribution in [3.63, 3.8) is 0 Å². The van der Waals surface area contributed by atoms with E-state index in [1.54, 1.807) is 21.2 Å². The van der Waals surface area contributed by atoms with Crippen molar-refractivity contribution in [3.8, 4) is 0 Å². The van der Waals surface area contributed by atoms with Crippen LogP contribution < -0.4 is 10.6 Å². The number of ether oxygens (including phenoxy) is 1. The quantitative estimate of drug-likeness (QED) is 0.285. The van der Waals surface area contributed by atoms with Crippen LogP contribution in [0.15, 0.2) is 29.3 Å². The molecule has 6 nitrogen and oxygen atoms in total. The monoisotopic (exact) mass is 454 g/mol. The maximum atomic E-state index is 11.6. The Morgan fingerprint density at radius 1 is 1.30 bits per heavy atom. The second-order valence-electron chi connectivity index (χ2n) is 4.82. The van der Waals surface area contributed by atoms with E-state index >= 15 is 0 Å². The minimum absolute atomic E-state index is 0. The highest BCUT2D eigenvalue weighted by Gasteiger charge is 2.06. The minimum atomic E-state index is -0.0287. The van der Waals surface area contributed by atoms with Crippen LogP contribution >= 0.6 is 35.6 Å². The highest BCUT2D eigenvalue weighted by Crippen LogP contribution is 2.15. The molecule has 0 bridgehead atoms. The summed E-state index contributed by atoms with van der Waals surface area (Å²) < 4.78 is 5.00. The molecule has 0 heterocycles. The molecule has 0 fully saturated rings. The van der Waals surface area contributed by atoms with Gasteiger partial charge >= 0.3 is 0 Å². The van der Waals surface area contributed by atoms with E-state index < -0.39 is 0 Å². The second-order valence-corrected chi connectivity index (χ2v) is 5.22. The molecule has 0 unspecified atom stereocenters. The van der Waals surface area contributed by atoms with Gasteiger partial charge in [0.25, 0.3) is 0 Å². The first kappa shape index (κ1) is 21.9. The molecule has 0 radical (unpaired) electrons. The van der Waals surface area contributed by atoms with Crippen LogP contribution in [-0.2, 0) is 16.1 Å². The zero-order chi connectivity index (χ0) is 16.4. The molecule has 0 spiro atoms. The molecule has 0 saturated heterocycles. The first-order valence-corrected chi connectivity index (χ1v) is 7.37. The number of halogens is 2. The lowest BCUT2D eigenvalue weighted by Crippen LogP contribution is -2.43. The summed E-state index contributed by atoms with van der Waals surface area (Å²) in [5.41, 5.74) is 0.927. The van der Waals surface area contributed by atoms with Gasteiger partial charge in [-0.3, -0.25) is 4.79 Å². The second kappa shape index (κ2) is 12.4. The van der Waals surface area contributed by atoms with Crippen LogP contribution in [0.5, 0.6) is 0 Å². The van der Waals surface area contributed by atoms with Crippen molar-refractivity contribution in [2.24, 2.45) is 4.99 Å². The van der Waals surface area contributed by atoms with Crippen molar-refractivity contribution in [2.75, 3.05) is 40.9 Å². The van der Waals surface area contributed by atoms with E-state index in [9.17, 15) is 4.79 Å². The van der Waals surface area contributed by atoms with Gasteiger partial charge in [0.15, 0.2) is 5.96 Å². The zero-order valence-electron chi connectivity index (χ0n) is 13.6. The van der Waals surface area contributed by atoms with Gasteiger partial charge < -0.3 is 20.3 Å². The van der Waals surface area contributed by atoms with Crippen LogP contribution in [0.4, 0.5) is 0 Å². The summed E-state index contributed by atoms with van der Waals surface area (Å²) in [7, 11) is 5.05. The van der Waals surface area contributed by atoms with Gasteiger partial charge in [0.1, 0.15) is 0 Å². The molecule has 8 heteroatoms. The van der Waals surface area contributed by atoms with Crippen LogP contribution in [-0.4, -0.2) is 57.7 Å². The number of likely N-dealkylation sites (N-methyl/N-ethyl adjacent to an activating group) is 1. The number of hydrogen-bond acceptors (Lipinski definition) is 3. The molecule has 0 aromatic heterocycles. The fraction of sp³-hybridized carbons (Fsp3) is 0.467. The van der Waals surface area contributed by atoms with Gasteiger partial charge in [-0.2, -0.15) is 0 Å². The van der Waals surface area contributed by atoms with Crippen molar-refractivity contribution in [3.05, 3.63) is 34.9 Å².